The molecule has 0 bridgehead atoms. The molecule has 3 N–H and O–H groups in total. The molecule has 0 aliphatic carbocycles. The highest BCUT2D eigenvalue weighted by Crippen LogP contribution is 2.19. The third-order valence-corrected chi connectivity index (χ3v) is 2.55. The van der Waals surface area contributed by atoms with Gasteiger partial charge in [-0.15, -0.1) is 0 Å². The maximum absolute atomic E-state index is 6.03. The van der Waals surface area contributed by atoms with Crippen molar-refractivity contribution in [1.29, 1.82) is 0 Å². The standard InChI is InChI=1S/C10H11ClN4/c11-8-4-2-1-3-7(8)5-9(12)10-13-6-14-15-10/h1-4,6,9H,5,12H2,(H,13,14,15). The van der Waals surface area contributed by atoms with E-state index in [0.29, 0.717) is 12.2 Å². The van der Waals surface area contributed by atoms with Crippen LogP contribution < -0.4 is 5.73 Å². The Labute approximate surface area is 92.5 Å². The summed E-state index contributed by atoms with van der Waals surface area (Å²) >= 11 is 6.03. The van der Waals surface area contributed by atoms with Crippen molar-refractivity contribution in [3.8, 4) is 0 Å². The summed E-state index contributed by atoms with van der Waals surface area (Å²) in [7, 11) is 0. The Kier molecular flexibility index (Phi) is 2.99. The highest BCUT2D eigenvalue weighted by atomic mass is 35.5. The summed E-state index contributed by atoms with van der Waals surface area (Å²) in [5.41, 5.74) is 6.96. The molecule has 0 radical (unpaired) electrons. The number of aromatic amines is 1. The molecule has 1 unspecified atom stereocenters. The Morgan fingerprint density at radius 3 is 2.87 bits per heavy atom. The number of halogens is 1. The van der Waals surface area contributed by atoms with Crippen molar-refractivity contribution in [2.75, 3.05) is 0 Å². The third-order valence-electron chi connectivity index (χ3n) is 2.18. The molecule has 0 amide bonds. The summed E-state index contributed by atoms with van der Waals surface area (Å²) in [6.07, 6.45) is 2.09. The van der Waals surface area contributed by atoms with E-state index in [1.807, 2.05) is 24.3 Å². The quantitative estimate of drug-likeness (QED) is 0.831. The lowest BCUT2D eigenvalue weighted by Crippen LogP contribution is -2.15. The number of nitrogens with two attached hydrogens (primary N) is 1. The number of rotatable bonds is 3. The maximum atomic E-state index is 6.03. The zero-order valence-corrected chi connectivity index (χ0v) is 8.78. The molecule has 1 atom stereocenters. The molecule has 0 fully saturated rings. The molecule has 2 rings (SSSR count). The third kappa shape index (κ3) is 2.34. The fraction of sp³-hybridized carbons (Fsp3) is 0.200. The van der Waals surface area contributed by atoms with Crippen LogP contribution in [-0.4, -0.2) is 15.2 Å². The Morgan fingerprint density at radius 1 is 1.40 bits per heavy atom. The monoisotopic (exact) mass is 222 g/mol. The van der Waals surface area contributed by atoms with Crippen LogP contribution in [0.25, 0.3) is 0 Å². The van der Waals surface area contributed by atoms with E-state index in [4.69, 9.17) is 17.3 Å². The Bertz CT molecular complexity index is 427. The molecule has 0 saturated carbocycles. The molecule has 1 aromatic carbocycles. The van der Waals surface area contributed by atoms with E-state index in [-0.39, 0.29) is 6.04 Å². The summed E-state index contributed by atoms with van der Waals surface area (Å²) in [6, 6.07) is 7.44. The first-order valence-corrected chi connectivity index (χ1v) is 4.99. The number of aromatic nitrogens is 3. The number of hydrogen-bond acceptors (Lipinski definition) is 3. The van der Waals surface area contributed by atoms with Gasteiger partial charge < -0.3 is 5.73 Å². The minimum Gasteiger partial charge on any atom is -0.321 e. The van der Waals surface area contributed by atoms with Gasteiger partial charge in [0.25, 0.3) is 0 Å². The highest BCUT2D eigenvalue weighted by Gasteiger charge is 2.11. The minimum absolute atomic E-state index is 0.201. The molecule has 2 aromatic rings. The maximum Gasteiger partial charge on any atom is 0.141 e. The molecule has 0 aliphatic rings. The van der Waals surface area contributed by atoms with Crippen molar-refractivity contribution in [3.63, 3.8) is 0 Å². The Balaban J connectivity index is 2.13. The van der Waals surface area contributed by atoms with Gasteiger partial charge in [-0.3, -0.25) is 5.10 Å². The lowest BCUT2D eigenvalue weighted by atomic mass is 10.1. The van der Waals surface area contributed by atoms with Gasteiger partial charge in [0.15, 0.2) is 0 Å². The fourth-order valence-electron chi connectivity index (χ4n) is 1.39. The predicted octanol–water partition coefficient (Wildman–Crippen LogP) is 1.70. The normalized spacial score (nSPS) is 12.7. The average molecular weight is 223 g/mol. The van der Waals surface area contributed by atoms with Crippen LogP contribution >= 0.6 is 11.6 Å². The van der Waals surface area contributed by atoms with Crippen LogP contribution in [-0.2, 0) is 6.42 Å². The summed E-state index contributed by atoms with van der Waals surface area (Å²) in [5, 5.41) is 7.23. The molecule has 4 nitrogen and oxygen atoms in total. The van der Waals surface area contributed by atoms with E-state index in [2.05, 4.69) is 15.2 Å². The van der Waals surface area contributed by atoms with Crippen LogP contribution in [0.3, 0.4) is 0 Å². The Hall–Kier alpha value is -1.39. The van der Waals surface area contributed by atoms with Gasteiger partial charge in [-0.1, -0.05) is 29.8 Å². The first-order chi connectivity index (χ1) is 7.27. The van der Waals surface area contributed by atoms with Gasteiger partial charge in [0.1, 0.15) is 12.2 Å². The van der Waals surface area contributed by atoms with Gasteiger partial charge in [0.05, 0.1) is 6.04 Å². The second kappa shape index (κ2) is 4.42. The molecule has 1 heterocycles. The van der Waals surface area contributed by atoms with Gasteiger partial charge in [-0.25, -0.2) is 4.98 Å². The largest absolute Gasteiger partial charge is 0.321 e. The number of benzene rings is 1. The van der Waals surface area contributed by atoms with Crippen LogP contribution in [0.2, 0.25) is 5.02 Å². The Morgan fingerprint density at radius 2 is 2.20 bits per heavy atom. The van der Waals surface area contributed by atoms with Crippen LogP contribution in [0.15, 0.2) is 30.6 Å². The molecule has 5 heteroatoms. The second-order valence-corrected chi connectivity index (χ2v) is 3.68. The smallest absolute Gasteiger partial charge is 0.141 e. The van der Waals surface area contributed by atoms with Crippen LogP contribution in [0.4, 0.5) is 0 Å². The summed E-state index contributed by atoms with van der Waals surface area (Å²) < 4.78 is 0. The molecule has 78 valence electrons. The zero-order valence-electron chi connectivity index (χ0n) is 8.02. The molecular formula is C10H11ClN4. The molecule has 0 aliphatic heterocycles. The van der Waals surface area contributed by atoms with Crippen molar-refractivity contribution in [2.24, 2.45) is 5.73 Å². The molecular weight excluding hydrogens is 212 g/mol. The number of H-pyrrole nitrogens is 1. The van der Waals surface area contributed by atoms with Crippen molar-refractivity contribution < 1.29 is 0 Å². The molecule has 0 saturated heterocycles. The summed E-state index contributed by atoms with van der Waals surface area (Å²) in [4.78, 5) is 4.01. The van der Waals surface area contributed by atoms with E-state index < -0.39 is 0 Å². The second-order valence-electron chi connectivity index (χ2n) is 3.27. The number of nitrogens with one attached hydrogen (secondary N) is 1. The van der Waals surface area contributed by atoms with Gasteiger partial charge in [-0.2, -0.15) is 5.10 Å². The van der Waals surface area contributed by atoms with Crippen LogP contribution in [0.1, 0.15) is 17.4 Å². The van der Waals surface area contributed by atoms with Gasteiger partial charge in [0.2, 0.25) is 0 Å². The topological polar surface area (TPSA) is 67.6 Å². The van der Waals surface area contributed by atoms with Gasteiger partial charge in [-0.05, 0) is 18.1 Å². The van der Waals surface area contributed by atoms with Crippen LogP contribution in [0.5, 0.6) is 0 Å². The minimum atomic E-state index is -0.201. The molecule has 0 spiro atoms. The zero-order chi connectivity index (χ0) is 10.7. The van der Waals surface area contributed by atoms with E-state index in [0.717, 1.165) is 10.6 Å². The fourth-order valence-corrected chi connectivity index (χ4v) is 1.60. The predicted molar refractivity (Wildman–Crippen MR) is 58.5 cm³/mol. The van der Waals surface area contributed by atoms with Crippen molar-refractivity contribution in [2.45, 2.75) is 12.5 Å². The SMILES string of the molecule is NC(Cc1ccccc1Cl)c1ncn[nH]1. The van der Waals surface area contributed by atoms with Crippen LogP contribution in [0, 0.1) is 0 Å². The van der Waals surface area contributed by atoms with E-state index in [1.165, 1.54) is 6.33 Å². The molecule has 15 heavy (non-hydrogen) atoms. The van der Waals surface area contributed by atoms with Crippen molar-refractivity contribution in [1.82, 2.24) is 15.2 Å². The highest BCUT2D eigenvalue weighted by molar-refractivity contribution is 6.31. The average Bonchev–Trinajstić information content (AvgIpc) is 2.74. The first-order valence-electron chi connectivity index (χ1n) is 4.61. The first kappa shape index (κ1) is 10.1. The van der Waals surface area contributed by atoms with Crippen molar-refractivity contribution in [3.05, 3.63) is 47.0 Å². The van der Waals surface area contributed by atoms with E-state index in [1.54, 1.807) is 0 Å². The summed E-state index contributed by atoms with van der Waals surface area (Å²) in [5.74, 6) is 0.676. The van der Waals surface area contributed by atoms with Gasteiger partial charge in [0, 0.05) is 5.02 Å². The number of nitrogens with zero attached hydrogens (tertiary/aromatic N) is 2. The lowest BCUT2D eigenvalue weighted by Gasteiger charge is -2.09. The van der Waals surface area contributed by atoms with E-state index >= 15 is 0 Å². The number of hydrogen-bond donors (Lipinski definition) is 2. The van der Waals surface area contributed by atoms with E-state index in [9.17, 15) is 0 Å². The van der Waals surface area contributed by atoms with Gasteiger partial charge >= 0.3 is 0 Å². The lowest BCUT2D eigenvalue weighted by molar-refractivity contribution is 0.671. The van der Waals surface area contributed by atoms with Crippen molar-refractivity contribution >= 4 is 11.6 Å². The summed E-state index contributed by atoms with van der Waals surface area (Å²) in [6.45, 7) is 0. The molecule has 1 aromatic heterocycles.